The first kappa shape index (κ1) is 20.9. The number of nitriles is 1. The predicted molar refractivity (Wildman–Crippen MR) is 126 cm³/mol. The lowest BCUT2D eigenvalue weighted by Gasteiger charge is -2.36. The number of hydrogen-bond donors (Lipinski definition) is 1. The first-order valence-corrected chi connectivity index (χ1v) is 10.8. The third-order valence-electron chi connectivity index (χ3n) is 6.58. The molecule has 2 aromatic carbocycles. The number of Topliss-reactive ketones (excluding diaryl/α,β-unsaturated/α-hetero) is 1. The smallest absolute Gasteiger partial charge is 0.241 e. The molecule has 1 saturated heterocycles. The van der Waals surface area contributed by atoms with E-state index in [9.17, 15) is 14.9 Å². The molecule has 1 aromatic heterocycles. The monoisotopic (exact) mass is 454 g/mol. The minimum Gasteiger partial charge on any atom is -0.368 e. The van der Waals surface area contributed by atoms with E-state index >= 15 is 0 Å². The summed E-state index contributed by atoms with van der Waals surface area (Å²) >= 11 is 6.04. The summed E-state index contributed by atoms with van der Waals surface area (Å²) in [4.78, 5) is 33.2. The van der Waals surface area contributed by atoms with Crippen LogP contribution in [0.15, 0.2) is 79.1 Å². The van der Waals surface area contributed by atoms with Crippen molar-refractivity contribution >= 4 is 35.1 Å². The maximum absolute atomic E-state index is 14.0. The third-order valence-corrected chi connectivity index (χ3v) is 6.83. The second-order valence-corrected chi connectivity index (χ2v) is 8.63. The summed E-state index contributed by atoms with van der Waals surface area (Å²) in [5.41, 5.74) is 6.96. The fourth-order valence-electron chi connectivity index (χ4n) is 5.15. The van der Waals surface area contributed by atoms with Crippen molar-refractivity contribution in [2.24, 2.45) is 11.1 Å². The van der Waals surface area contributed by atoms with Gasteiger partial charge in [0.25, 0.3) is 0 Å². The average Bonchev–Trinajstić information content (AvgIpc) is 3.16. The van der Waals surface area contributed by atoms with Gasteiger partial charge in [-0.15, -0.1) is 0 Å². The molecule has 2 aliphatic heterocycles. The zero-order chi connectivity index (χ0) is 23.2. The quantitative estimate of drug-likeness (QED) is 0.601. The number of fused-ring (bicyclic) bond motifs is 3. The number of primary amides is 1. The maximum Gasteiger partial charge on any atom is 0.241 e. The van der Waals surface area contributed by atoms with E-state index in [0.717, 1.165) is 11.3 Å². The molecule has 3 heterocycles. The van der Waals surface area contributed by atoms with Crippen LogP contribution in [0.5, 0.6) is 0 Å². The molecular formula is C26H19ClN4O2. The first-order chi connectivity index (χ1) is 16.0. The van der Waals surface area contributed by atoms with Crippen LogP contribution in [0.1, 0.15) is 27.4 Å². The lowest BCUT2D eigenvalue weighted by atomic mass is 9.68. The highest BCUT2D eigenvalue weighted by atomic mass is 35.5. The molecule has 1 amide bonds. The van der Waals surface area contributed by atoms with Crippen LogP contribution >= 0.6 is 11.6 Å². The van der Waals surface area contributed by atoms with E-state index < -0.39 is 29.3 Å². The molecule has 2 aliphatic rings. The van der Waals surface area contributed by atoms with Gasteiger partial charge in [-0.3, -0.25) is 14.6 Å². The molecule has 7 heteroatoms. The molecule has 3 aromatic rings. The maximum atomic E-state index is 14.0. The highest BCUT2D eigenvalue weighted by molar-refractivity contribution is 6.30. The molecule has 33 heavy (non-hydrogen) atoms. The minimum atomic E-state index is -1.68. The summed E-state index contributed by atoms with van der Waals surface area (Å²) in [5.74, 6) is -1.84. The van der Waals surface area contributed by atoms with Crippen molar-refractivity contribution < 1.29 is 9.59 Å². The fourth-order valence-corrected chi connectivity index (χ4v) is 5.27. The summed E-state index contributed by atoms with van der Waals surface area (Å²) < 4.78 is 0. The lowest BCUT2D eigenvalue weighted by Crippen LogP contribution is -2.49. The molecule has 0 bridgehead atoms. The summed E-state index contributed by atoms with van der Waals surface area (Å²) in [5, 5.41) is 11.0. The van der Waals surface area contributed by atoms with Gasteiger partial charge in [0, 0.05) is 34.6 Å². The first-order valence-electron chi connectivity index (χ1n) is 10.5. The second-order valence-electron chi connectivity index (χ2n) is 8.20. The van der Waals surface area contributed by atoms with Crippen LogP contribution in [0.2, 0.25) is 5.02 Å². The van der Waals surface area contributed by atoms with Crippen molar-refractivity contribution in [3.8, 4) is 6.07 Å². The number of amides is 1. The second kappa shape index (κ2) is 7.88. The van der Waals surface area contributed by atoms with Gasteiger partial charge < -0.3 is 10.6 Å². The van der Waals surface area contributed by atoms with E-state index in [1.165, 1.54) is 0 Å². The van der Waals surface area contributed by atoms with E-state index in [2.05, 4.69) is 11.1 Å². The largest absolute Gasteiger partial charge is 0.368 e. The number of para-hydroxylation sites is 1. The number of carbonyl (C=O) groups is 2. The molecule has 5 rings (SSSR count). The predicted octanol–water partition coefficient (Wildman–Crippen LogP) is 3.98. The molecule has 6 nitrogen and oxygen atoms in total. The van der Waals surface area contributed by atoms with Crippen LogP contribution in [0.3, 0.4) is 0 Å². The number of aromatic nitrogens is 1. The van der Waals surface area contributed by atoms with Gasteiger partial charge in [-0.05, 0) is 47.5 Å². The Morgan fingerprint density at radius 1 is 1.09 bits per heavy atom. The number of anilines is 1. The average molecular weight is 455 g/mol. The Hall–Kier alpha value is -3.95. The summed E-state index contributed by atoms with van der Waals surface area (Å²) in [6, 6.07) is 18.4. The molecule has 162 valence electrons. The summed E-state index contributed by atoms with van der Waals surface area (Å²) in [6.45, 7) is 0. The molecule has 4 atom stereocenters. The van der Waals surface area contributed by atoms with E-state index in [-0.39, 0.29) is 5.78 Å². The van der Waals surface area contributed by atoms with Crippen molar-refractivity contribution in [3.63, 3.8) is 0 Å². The normalized spacial score (nSPS) is 25.1. The Morgan fingerprint density at radius 2 is 1.85 bits per heavy atom. The molecule has 0 unspecified atom stereocenters. The fraction of sp³-hybridized carbons (Fsp3) is 0.154. The molecule has 0 spiro atoms. The third kappa shape index (κ3) is 3.05. The van der Waals surface area contributed by atoms with E-state index in [1.807, 2.05) is 35.2 Å². The number of carbonyl (C=O) groups excluding carboxylic acids is 2. The van der Waals surface area contributed by atoms with Crippen LogP contribution in [-0.4, -0.2) is 28.8 Å². The molecule has 0 radical (unpaired) electrons. The van der Waals surface area contributed by atoms with Gasteiger partial charge in [-0.2, -0.15) is 5.26 Å². The molecule has 2 N–H and O–H groups in total. The molecule has 0 saturated carbocycles. The number of nitrogens with two attached hydrogens (primary N) is 1. The Kier molecular flexibility index (Phi) is 4.99. The van der Waals surface area contributed by atoms with Gasteiger partial charge in [0.15, 0.2) is 11.2 Å². The van der Waals surface area contributed by atoms with Gasteiger partial charge in [-0.25, -0.2) is 0 Å². The van der Waals surface area contributed by atoms with E-state index in [4.69, 9.17) is 17.3 Å². The van der Waals surface area contributed by atoms with Crippen LogP contribution in [-0.2, 0) is 4.79 Å². The lowest BCUT2D eigenvalue weighted by molar-refractivity contribution is -0.125. The van der Waals surface area contributed by atoms with Gasteiger partial charge in [0.05, 0.1) is 12.1 Å². The number of hydrogen-bond acceptors (Lipinski definition) is 5. The topological polar surface area (TPSA) is 100 Å². The highest BCUT2D eigenvalue weighted by Crippen LogP contribution is 2.55. The Balaban J connectivity index is 1.80. The summed E-state index contributed by atoms with van der Waals surface area (Å²) in [6.07, 6.45) is 6.88. The Bertz CT molecular complexity index is 1320. The Morgan fingerprint density at radius 3 is 2.52 bits per heavy atom. The van der Waals surface area contributed by atoms with E-state index in [1.54, 1.807) is 54.9 Å². The number of pyridine rings is 1. The van der Waals surface area contributed by atoms with Crippen molar-refractivity contribution in [3.05, 3.63) is 101 Å². The molecular weight excluding hydrogens is 436 g/mol. The SMILES string of the molecule is N#C[C@]1(C(N)=O)[C@H](c2cccnc2)[C@H](C(=O)c2ccc(Cl)cc2)N2c3ccccc3C=C[C@@H]21. The molecule has 0 aliphatic carbocycles. The van der Waals surface area contributed by atoms with Gasteiger partial charge in [0.2, 0.25) is 5.91 Å². The standard InChI is InChI=1S/C26H19ClN4O2/c27-19-10-7-17(8-11-19)24(32)23-22(18-5-3-13-30-14-18)26(15-28,25(29)33)21-12-9-16-4-1-2-6-20(16)31(21)23/h1-14,21-23H,(H2,29,33)/t21-,22-,23-,26-/m1/s1. The zero-order valence-corrected chi connectivity index (χ0v) is 18.2. The van der Waals surface area contributed by atoms with Crippen molar-refractivity contribution in [2.45, 2.75) is 18.0 Å². The zero-order valence-electron chi connectivity index (χ0n) is 17.4. The van der Waals surface area contributed by atoms with Gasteiger partial charge in [-0.1, -0.05) is 48.0 Å². The number of ketones is 1. The minimum absolute atomic E-state index is 0.228. The van der Waals surface area contributed by atoms with Crippen LogP contribution in [0, 0.1) is 16.7 Å². The number of halogens is 1. The number of benzene rings is 2. The van der Waals surface area contributed by atoms with E-state index in [0.29, 0.717) is 16.1 Å². The summed E-state index contributed by atoms with van der Waals surface area (Å²) in [7, 11) is 0. The number of nitrogens with zero attached hydrogens (tertiary/aromatic N) is 3. The number of rotatable bonds is 4. The van der Waals surface area contributed by atoms with Crippen LogP contribution in [0.25, 0.3) is 6.08 Å². The van der Waals surface area contributed by atoms with Gasteiger partial charge in [0.1, 0.15) is 6.04 Å². The van der Waals surface area contributed by atoms with Gasteiger partial charge >= 0.3 is 0 Å². The Labute approximate surface area is 195 Å². The van der Waals surface area contributed by atoms with Crippen LogP contribution in [0.4, 0.5) is 5.69 Å². The van der Waals surface area contributed by atoms with Crippen LogP contribution < -0.4 is 10.6 Å². The van der Waals surface area contributed by atoms with Crippen molar-refractivity contribution in [1.29, 1.82) is 5.26 Å². The molecule has 1 fully saturated rings. The van der Waals surface area contributed by atoms with Crippen molar-refractivity contribution in [1.82, 2.24) is 4.98 Å². The highest BCUT2D eigenvalue weighted by Gasteiger charge is 2.65. The van der Waals surface area contributed by atoms with Crippen molar-refractivity contribution in [2.75, 3.05) is 4.90 Å².